The Morgan fingerprint density at radius 3 is 2.46 bits per heavy atom. The van der Waals surface area contributed by atoms with Gasteiger partial charge in [-0.2, -0.15) is 4.31 Å². The maximum absolute atomic E-state index is 13.8. The molecule has 4 rings (SSSR count). The van der Waals surface area contributed by atoms with Crippen molar-refractivity contribution in [1.29, 1.82) is 0 Å². The van der Waals surface area contributed by atoms with Gasteiger partial charge in [0.25, 0.3) is 0 Å². The second kappa shape index (κ2) is 11.0. The number of rotatable bonds is 7. The molecular formula is C29H35N3O4S. The van der Waals surface area contributed by atoms with E-state index in [0.29, 0.717) is 31.6 Å². The summed E-state index contributed by atoms with van der Waals surface area (Å²) in [6.07, 6.45) is 4.83. The van der Waals surface area contributed by atoms with Gasteiger partial charge in [-0.05, 0) is 68.9 Å². The van der Waals surface area contributed by atoms with Crippen LogP contribution in [0, 0.1) is 33.6 Å². The van der Waals surface area contributed by atoms with Crippen molar-refractivity contribution >= 4 is 28.1 Å². The van der Waals surface area contributed by atoms with E-state index in [4.69, 9.17) is 4.52 Å². The second-order valence-corrected chi connectivity index (χ2v) is 11.9. The van der Waals surface area contributed by atoms with Gasteiger partial charge in [0.1, 0.15) is 5.69 Å². The lowest BCUT2D eigenvalue weighted by molar-refractivity contribution is -0.135. The summed E-state index contributed by atoms with van der Waals surface area (Å²) in [5.74, 6) is -0.239. The van der Waals surface area contributed by atoms with Crippen LogP contribution in [0.1, 0.15) is 52.1 Å². The SMILES string of the molecule is Cc1cc(C)c(/C=C/c2onc(C)c2S(=O)(=O)N2CCC[C@H](C(=O)N(C)Cc3ccccc3)C2)c(C)c1. The molecule has 2 heterocycles. The normalized spacial score (nSPS) is 16.8. The van der Waals surface area contributed by atoms with Crippen LogP contribution in [0.5, 0.6) is 0 Å². The zero-order chi connectivity index (χ0) is 26.7. The fourth-order valence-corrected chi connectivity index (χ4v) is 6.92. The zero-order valence-electron chi connectivity index (χ0n) is 22.2. The molecule has 0 spiro atoms. The van der Waals surface area contributed by atoms with Gasteiger partial charge in [-0.25, -0.2) is 8.42 Å². The van der Waals surface area contributed by atoms with Crippen LogP contribution in [0.15, 0.2) is 51.9 Å². The minimum atomic E-state index is -3.91. The van der Waals surface area contributed by atoms with Crippen LogP contribution in [0.25, 0.3) is 12.2 Å². The maximum atomic E-state index is 13.8. The van der Waals surface area contributed by atoms with E-state index >= 15 is 0 Å². The van der Waals surface area contributed by atoms with Crippen LogP contribution in [0.2, 0.25) is 0 Å². The van der Waals surface area contributed by atoms with Gasteiger partial charge in [-0.15, -0.1) is 0 Å². The Morgan fingerprint density at radius 1 is 1.11 bits per heavy atom. The fraction of sp³-hybridized carbons (Fsp3) is 0.379. The molecule has 196 valence electrons. The van der Waals surface area contributed by atoms with Gasteiger partial charge >= 0.3 is 0 Å². The van der Waals surface area contributed by atoms with Gasteiger partial charge in [0.2, 0.25) is 15.9 Å². The summed E-state index contributed by atoms with van der Waals surface area (Å²) in [4.78, 5) is 15.0. The number of nitrogens with zero attached hydrogens (tertiary/aromatic N) is 3. The molecule has 1 atom stereocenters. The first-order valence-electron chi connectivity index (χ1n) is 12.6. The third kappa shape index (κ3) is 5.86. The summed E-state index contributed by atoms with van der Waals surface area (Å²) in [6.45, 7) is 8.73. The Kier molecular flexibility index (Phi) is 7.99. The summed E-state index contributed by atoms with van der Waals surface area (Å²) in [6, 6.07) is 14.0. The van der Waals surface area contributed by atoms with Crippen LogP contribution in [0.3, 0.4) is 0 Å². The molecule has 0 aliphatic carbocycles. The number of aryl methyl sites for hydroxylation is 4. The first-order chi connectivity index (χ1) is 17.6. The van der Waals surface area contributed by atoms with E-state index in [1.807, 2.05) is 57.2 Å². The molecule has 0 unspecified atom stereocenters. The third-order valence-corrected chi connectivity index (χ3v) is 8.97. The molecule has 1 aromatic heterocycles. The van der Waals surface area contributed by atoms with Crippen molar-refractivity contribution in [1.82, 2.24) is 14.4 Å². The fourth-order valence-electron chi connectivity index (χ4n) is 5.15. The van der Waals surface area contributed by atoms with Gasteiger partial charge in [-0.1, -0.05) is 59.3 Å². The number of amides is 1. The highest BCUT2D eigenvalue weighted by Crippen LogP contribution is 2.30. The summed E-state index contributed by atoms with van der Waals surface area (Å²) in [5, 5.41) is 3.97. The molecular weight excluding hydrogens is 486 g/mol. The Balaban J connectivity index is 1.55. The van der Waals surface area contributed by atoms with E-state index in [0.717, 1.165) is 22.3 Å². The van der Waals surface area contributed by atoms with E-state index in [1.165, 1.54) is 9.87 Å². The van der Waals surface area contributed by atoms with Gasteiger partial charge in [0, 0.05) is 26.7 Å². The average Bonchev–Trinajstić information content (AvgIpc) is 3.24. The molecule has 0 bridgehead atoms. The molecule has 0 radical (unpaired) electrons. The topological polar surface area (TPSA) is 83.7 Å². The van der Waals surface area contributed by atoms with Crippen LogP contribution in [-0.2, 0) is 21.4 Å². The second-order valence-electron chi connectivity index (χ2n) is 9.99. The number of aromatic nitrogens is 1. The largest absolute Gasteiger partial charge is 0.355 e. The van der Waals surface area contributed by atoms with E-state index in [9.17, 15) is 13.2 Å². The molecule has 3 aromatic rings. The number of piperidine rings is 1. The number of carbonyl (C=O) groups excluding carboxylic acids is 1. The van der Waals surface area contributed by atoms with E-state index in [1.54, 1.807) is 24.9 Å². The van der Waals surface area contributed by atoms with Crippen molar-refractivity contribution in [3.63, 3.8) is 0 Å². The molecule has 1 aliphatic rings. The lowest BCUT2D eigenvalue weighted by Gasteiger charge is -2.33. The third-order valence-electron chi connectivity index (χ3n) is 6.94. The first kappa shape index (κ1) is 26.8. The number of sulfonamides is 1. The minimum Gasteiger partial charge on any atom is -0.355 e. The monoisotopic (exact) mass is 521 g/mol. The van der Waals surface area contributed by atoms with Crippen molar-refractivity contribution in [2.75, 3.05) is 20.1 Å². The standard InChI is InChI=1S/C29H35N3O4S/c1-20-16-21(2)26(22(3)17-20)13-14-27-28(23(4)30-36-27)37(34,35)32-15-9-12-25(19-32)29(33)31(5)18-24-10-7-6-8-11-24/h6-8,10-11,13-14,16-17,25H,9,12,15,18-19H2,1-5H3/b14-13+/t25-/m0/s1. The Hall–Kier alpha value is -3.23. The first-order valence-corrected chi connectivity index (χ1v) is 14.0. The molecule has 1 aliphatic heterocycles. The highest BCUT2D eigenvalue weighted by atomic mass is 32.2. The quantitative estimate of drug-likeness (QED) is 0.430. The molecule has 1 saturated heterocycles. The van der Waals surface area contributed by atoms with E-state index in [2.05, 4.69) is 17.3 Å². The Labute approximate surface area is 219 Å². The number of benzene rings is 2. The van der Waals surface area contributed by atoms with Crippen molar-refractivity contribution in [2.45, 2.75) is 52.0 Å². The molecule has 37 heavy (non-hydrogen) atoms. The van der Waals surface area contributed by atoms with Crippen LogP contribution < -0.4 is 0 Å². The summed E-state index contributed by atoms with van der Waals surface area (Å²) < 4.78 is 34.4. The van der Waals surface area contributed by atoms with Crippen molar-refractivity contribution in [2.24, 2.45) is 5.92 Å². The van der Waals surface area contributed by atoms with Crippen LogP contribution >= 0.6 is 0 Å². The van der Waals surface area contributed by atoms with Crippen LogP contribution in [0.4, 0.5) is 0 Å². The Bertz CT molecular complexity index is 1390. The van der Waals surface area contributed by atoms with Crippen LogP contribution in [-0.4, -0.2) is 48.8 Å². The average molecular weight is 522 g/mol. The molecule has 2 aromatic carbocycles. The van der Waals surface area contributed by atoms with Gasteiger partial charge in [0.05, 0.1) is 5.92 Å². The molecule has 0 N–H and O–H groups in total. The predicted molar refractivity (Wildman–Crippen MR) is 145 cm³/mol. The lowest BCUT2D eigenvalue weighted by atomic mass is 9.98. The number of hydrogen-bond donors (Lipinski definition) is 0. The number of carbonyl (C=O) groups is 1. The summed E-state index contributed by atoms with van der Waals surface area (Å²) in [5.41, 5.74) is 5.75. The maximum Gasteiger partial charge on any atom is 0.248 e. The van der Waals surface area contributed by atoms with E-state index < -0.39 is 15.9 Å². The number of hydrogen-bond acceptors (Lipinski definition) is 5. The smallest absolute Gasteiger partial charge is 0.248 e. The van der Waals surface area contributed by atoms with Crippen molar-refractivity contribution in [3.05, 3.63) is 81.7 Å². The highest BCUT2D eigenvalue weighted by molar-refractivity contribution is 7.89. The Morgan fingerprint density at radius 2 is 1.78 bits per heavy atom. The van der Waals surface area contributed by atoms with Crippen molar-refractivity contribution in [3.8, 4) is 0 Å². The van der Waals surface area contributed by atoms with E-state index in [-0.39, 0.29) is 23.1 Å². The highest BCUT2D eigenvalue weighted by Gasteiger charge is 2.37. The minimum absolute atomic E-state index is 0.0452. The summed E-state index contributed by atoms with van der Waals surface area (Å²) in [7, 11) is -2.14. The lowest BCUT2D eigenvalue weighted by Crippen LogP contribution is -2.45. The van der Waals surface area contributed by atoms with Gasteiger partial charge in [0.15, 0.2) is 10.7 Å². The van der Waals surface area contributed by atoms with Crippen molar-refractivity contribution < 1.29 is 17.7 Å². The molecule has 1 amide bonds. The van der Waals surface area contributed by atoms with Gasteiger partial charge < -0.3 is 9.42 Å². The predicted octanol–water partition coefficient (Wildman–Crippen LogP) is 5.14. The molecule has 0 saturated carbocycles. The zero-order valence-corrected chi connectivity index (χ0v) is 23.0. The molecule has 1 fully saturated rings. The molecule has 7 nitrogen and oxygen atoms in total. The summed E-state index contributed by atoms with van der Waals surface area (Å²) >= 11 is 0. The molecule has 8 heteroatoms. The van der Waals surface area contributed by atoms with Gasteiger partial charge in [-0.3, -0.25) is 4.79 Å².